The summed E-state index contributed by atoms with van der Waals surface area (Å²) in [5, 5.41) is 34.3. The number of aliphatic hydroxyl groups is 2. The highest BCUT2D eigenvalue weighted by atomic mass is 32.2. The van der Waals surface area contributed by atoms with E-state index < -0.39 is 57.7 Å². The van der Waals surface area contributed by atoms with Gasteiger partial charge in [-0.25, -0.2) is 19.3 Å². The minimum Gasteiger partial charge on any atom is -0.390 e. The van der Waals surface area contributed by atoms with Gasteiger partial charge >= 0.3 is 10.3 Å². The van der Waals surface area contributed by atoms with Gasteiger partial charge in [-0.3, -0.25) is 13.7 Å². The van der Waals surface area contributed by atoms with Crippen molar-refractivity contribution in [2.75, 3.05) is 11.9 Å². The van der Waals surface area contributed by atoms with Gasteiger partial charge in [-0.05, 0) is 30.2 Å². The zero-order valence-electron chi connectivity index (χ0n) is 20.0. The molecule has 0 saturated heterocycles. The normalized spacial score (nSPS) is 22.2. The molecule has 4 rings (SSSR count). The summed E-state index contributed by atoms with van der Waals surface area (Å²) in [6.07, 6.45) is 1.72. The molecule has 3 aromatic rings. The number of rotatable bonds is 11. The van der Waals surface area contributed by atoms with Crippen LogP contribution in [0.3, 0.4) is 0 Å². The van der Waals surface area contributed by atoms with E-state index in [4.69, 9.17) is 5.14 Å². The van der Waals surface area contributed by atoms with E-state index in [-0.39, 0.29) is 23.5 Å². The minimum atomic E-state index is -4.21. The van der Waals surface area contributed by atoms with E-state index in [0.29, 0.717) is 11.4 Å². The predicted octanol–water partition coefficient (Wildman–Crippen LogP) is -0.0542. The van der Waals surface area contributed by atoms with E-state index >= 15 is 0 Å². The van der Waals surface area contributed by atoms with Gasteiger partial charge in [0.1, 0.15) is 23.9 Å². The van der Waals surface area contributed by atoms with Crippen molar-refractivity contribution < 1.29 is 31.8 Å². The van der Waals surface area contributed by atoms with E-state index in [0.717, 1.165) is 5.56 Å². The summed E-state index contributed by atoms with van der Waals surface area (Å²) in [6.45, 7) is 3.47. The fraction of sp³-hybridized carbons (Fsp3) is 0.304. The Kier molecular flexibility index (Phi) is 8.44. The van der Waals surface area contributed by atoms with Crippen molar-refractivity contribution in [1.29, 1.82) is 0 Å². The maximum Gasteiger partial charge on any atom is 0.333 e. The van der Waals surface area contributed by atoms with Crippen LogP contribution >= 0.6 is 0 Å². The number of ketones is 1. The Hall–Kier alpha value is -3.34. The molecule has 0 radical (unpaired) electrons. The van der Waals surface area contributed by atoms with Crippen molar-refractivity contribution in [1.82, 2.24) is 19.7 Å². The number of benzene rings is 1. The van der Waals surface area contributed by atoms with E-state index in [9.17, 15) is 27.6 Å². The molecular formula is C23H26N6O7S2. The predicted molar refractivity (Wildman–Crippen MR) is 136 cm³/mol. The Morgan fingerprint density at radius 2 is 2.11 bits per heavy atom. The summed E-state index contributed by atoms with van der Waals surface area (Å²) in [6, 6.07) is 7.92. The van der Waals surface area contributed by atoms with Crippen molar-refractivity contribution in [2.45, 2.75) is 36.1 Å². The Morgan fingerprint density at radius 3 is 2.84 bits per heavy atom. The van der Waals surface area contributed by atoms with Crippen LogP contribution in [0.5, 0.6) is 0 Å². The number of nitrogens with two attached hydrogens (primary N) is 1. The third kappa shape index (κ3) is 6.56. The van der Waals surface area contributed by atoms with Gasteiger partial charge in [-0.15, -0.1) is 0 Å². The molecular weight excluding hydrogens is 536 g/mol. The molecule has 1 aliphatic rings. The molecule has 15 heteroatoms. The van der Waals surface area contributed by atoms with Crippen LogP contribution in [0.1, 0.15) is 28.0 Å². The van der Waals surface area contributed by atoms with Crippen LogP contribution in [0.2, 0.25) is 0 Å². The molecule has 2 aromatic heterocycles. The number of nitrogens with one attached hydrogen (secondary N) is 1. The fourth-order valence-electron chi connectivity index (χ4n) is 4.16. The second-order valence-corrected chi connectivity index (χ2v) is 11.3. The lowest BCUT2D eigenvalue weighted by Gasteiger charge is -2.19. The van der Waals surface area contributed by atoms with Gasteiger partial charge < -0.3 is 15.5 Å². The zero-order chi connectivity index (χ0) is 27.4. The molecule has 1 saturated carbocycles. The SMILES string of the molecule is C=CS(=O)c1cccc(Cn2ccc(C(=O)c3cncnc3NC3CC(COS(N)(=O)=O)C(O)C3O)n2)c1. The summed E-state index contributed by atoms with van der Waals surface area (Å²) in [5.41, 5.74) is 1.05. The summed E-state index contributed by atoms with van der Waals surface area (Å²) in [7, 11) is -5.52. The topological polar surface area (TPSA) is 200 Å². The summed E-state index contributed by atoms with van der Waals surface area (Å²) in [5.74, 6) is -1.08. The van der Waals surface area contributed by atoms with Crippen LogP contribution in [0.25, 0.3) is 0 Å². The van der Waals surface area contributed by atoms with Gasteiger partial charge in [0.25, 0.3) is 0 Å². The van der Waals surface area contributed by atoms with Gasteiger partial charge in [0.15, 0.2) is 0 Å². The Morgan fingerprint density at radius 1 is 1.32 bits per heavy atom. The summed E-state index contributed by atoms with van der Waals surface area (Å²) >= 11 is 0. The lowest BCUT2D eigenvalue weighted by Crippen LogP contribution is -2.36. The van der Waals surface area contributed by atoms with Crippen molar-refractivity contribution in [3.63, 3.8) is 0 Å². The molecule has 1 aromatic carbocycles. The highest BCUT2D eigenvalue weighted by Crippen LogP contribution is 2.30. The van der Waals surface area contributed by atoms with Gasteiger partial charge in [-0.1, -0.05) is 18.7 Å². The molecule has 2 heterocycles. The van der Waals surface area contributed by atoms with Crippen molar-refractivity contribution in [3.8, 4) is 0 Å². The quantitative estimate of drug-likeness (QED) is 0.228. The third-order valence-corrected chi connectivity index (χ3v) is 7.51. The van der Waals surface area contributed by atoms with Crippen LogP contribution in [0.15, 0.2) is 65.9 Å². The van der Waals surface area contributed by atoms with Crippen LogP contribution in [-0.4, -0.2) is 73.2 Å². The summed E-state index contributed by atoms with van der Waals surface area (Å²) < 4.78 is 40.3. The second kappa shape index (κ2) is 11.6. The monoisotopic (exact) mass is 562 g/mol. The second-order valence-electron chi connectivity index (χ2n) is 8.63. The first-order chi connectivity index (χ1) is 18.1. The minimum absolute atomic E-state index is 0.0899. The molecule has 1 fully saturated rings. The van der Waals surface area contributed by atoms with Crippen molar-refractivity contribution in [3.05, 3.63) is 77.9 Å². The number of carbonyl (C=O) groups is 1. The number of hydrogen-bond acceptors (Lipinski definition) is 11. The molecule has 0 bridgehead atoms. The Bertz CT molecular complexity index is 1460. The van der Waals surface area contributed by atoms with Crippen molar-refractivity contribution in [2.24, 2.45) is 11.1 Å². The standard InChI is InChI=1S/C23H26N6O7S2/c1-2-37(33)16-5-3-4-14(8-16)11-29-7-6-18(28-29)21(31)17-10-25-13-26-23(17)27-19-9-15(20(30)22(19)32)12-36-38(24,34)35/h2-8,10,13,15,19-20,22,30,32H,1,9,11-12H2,(H2,24,34,35)(H,25,26,27). The first-order valence-corrected chi connectivity index (χ1v) is 14.0. The van der Waals surface area contributed by atoms with Crippen LogP contribution in [-0.2, 0) is 31.8 Å². The number of nitrogens with zero attached hydrogens (tertiary/aromatic N) is 4. The largest absolute Gasteiger partial charge is 0.390 e. The number of anilines is 1. The van der Waals surface area contributed by atoms with Crippen LogP contribution in [0, 0.1) is 5.92 Å². The molecule has 0 amide bonds. The molecule has 0 spiro atoms. The fourth-order valence-corrected chi connectivity index (χ4v) is 5.20. The highest BCUT2D eigenvalue weighted by Gasteiger charge is 2.42. The highest BCUT2D eigenvalue weighted by molar-refractivity contribution is 7.88. The molecule has 5 atom stereocenters. The zero-order valence-corrected chi connectivity index (χ0v) is 21.6. The molecule has 5 unspecified atom stereocenters. The molecule has 202 valence electrons. The average Bonchev–Trinajstić information content (AvgIpc) is 3.46. The number of aliphatic hydroxyl groups excluding tert-OH is 2. The van der Waals surface area contributed by atoms with E-state index in [1.807, 2.05) is 6.07 Å². The number of aromatic nitrogens is 4. The van der Waals surface area contributed by atoms with Gasteiger partial charge in [0, 0.05) is 28.6 Å². The molecule has 0 aliphatic heterocycles. The lowest BCUT2D eigenvalue weighted by atomic mass is 10.1. The smallest absolute Gasteiger partial charge is 0.333 e. The maximum absolute atomic E-state index is 13.3. The number of hydrogen-bond donors (Lipinski definition) is 4. The van der Waals surface area contributed by atoms with E-state index in [1.165, 1.54) is 17.9 Å². The lowest BCUT2D eigenvalue weighted by molar-refractivity contribution is 0.00778. The van der Waals surface area contributed by atoms with E-state index in [2.05, 4.69) is 31.1 Å². The van der Waals surface area contributed by atoms with Crippen molar-refractivity contribution >= 4 is 32.7 Å². The van der Waals surface area contributed by atoms with E-state index in [1.54, 1.807) is 35.1 Å². The average molecular weight is 563 g/mol. The van der Waals surface area contributed by atoms with Crippen LogP contribution < -0.4 is 10.5 Å². The Labute approximate surface area is 221 Å². The molecule has 1 aliphatic carbocycles. The van der Waals surface area contributed by atoms with Gasteiger partial charge in [-0.2, -0.15) is 13.5 Å². The summed E-state index contributed by atoms with van der Waals surface area (Å²) in [4.78, 5) is 21.9. The third-order valence-electron chi connectivity index (χ3n) is 6.03. The molecule has 38 heavy (non-hydrogen) atoms. The van der Waals surface area contributed by atoms with Gasteiger partial charge in [0.2, 0.25) is 5.78 Å². The molecule has 5 N–H and O–H groups in total. The maximum atomic E-state index is 13.3. The first kappa shape index (κ1) is 27.7. The Balaban J connectivity index is 1.47. The first-order valence-electron chi connectivity index (χ1n) is 11.4. The molecule has 13 nitrogen and oxygen atoms in total. The van der Waals surface area contributed by atoms with Gasteiger partial charge in [0.05, 0.1) is 41.7 Å². The number of carbonyl (C=O) groups excluding carboxylic acids is 1. The van der Waals surface area contributed by atoms with Crippen LogP contribution in [0.4, 0.5) is 5.82 Å².